The van der Waals surface area contributed by atoms with Gasteiger partial charge in [0.25, 0.3) is 5.91 Å². The summed E-state index contributed by atoms with van der Waals surface area (Å²) in [5.41, 5.74) is 2.61. The van der Waals surface area contributed by atoms with Crippen molar-refractivity contribution in [3.05, 3.63) is 53.9 Å². The van der Waals surface area contributed by atoms with Crippen LogP contribution in [0.1, 0.15) is 21.7 Å². The Hall–Kier alpha value is -3.62. The molecular formula is C22H26N6O3. The van der Waals surface area contributed by atoms with Gasteiger partial charge in [0.15, 0.2) is 11.5 Å². The molecule has 0 aliphatic carbocycles. The number of ether oxygens (including phenoxy) is 2. The Balaban J connectivity index is 1.45. The summed E-state index contributed by atoms with van der Waals surface area (Å²) in [4.78, 5) is 30.2. The molecule has 1 aliphatic heterocycles. The average Bonchev–Trinajstić information content (AvgIpc) is 3.16. The Morgan fingerprint density at radius 2 is 1.61 bits per heavy atom. The highest BCUT2D eigenvalue weighted by atomic mass is 16.5. The number of carbonyl (C=O) groups excluding carboxylic acids is 1. The number of amides is 1. The lowest BCUT2D eigenvalue weighted by molar-refractivity contribution is 0.0746. The van der Waals surface area contributed by atoms with Crippen LogP contribution < -0.4 is 14.4 Å². The number of imidazole rings is 1. The van der Waals surface area contributed by atoms with Gasteiger partial charge < -0.3 is 19.3 Å². The van der Waals surface area contributed by atoms with Crippen molar-refractivity contribution in [3.63, 3.8) is 0 Å². The van der Waals surface area contributed by atoms with Gasteiger partial charge in [-0.1, -0.05) is 0 Å². The van der Waals surface area contributed by atoms with E-state index in [1.54, 1.807) is 45.1 Å². The lowest BCUT2D eigenvalue weighted by Crippen LogP contribution is -2.49. The highest BCUT2D eigenvalue weighted by molar-refractivity contribution is 5.95. The van der Waals surface area contributed by atoms with E-state index >= 15 is 0 Å². The molecule has 4 rings (SSSR count). The van der Waals surface area contributed by atoms with Crippen molar-refractivity contribution in [1.29, 1.82) is 0 Å². The SMILES string of the molecule is COc1ccc(C(=O)N2CCN(c3cc(-n4cnc(C)c4C)ncn3)CC2)cc1OC. The predicted molar refractivity (Wildman–Crippen MR) is 116 cm³/mol. The molecule has 31 heavy (non-hydrogen) atoms. The zero-order chi connectivity index (χ0) is 22.0. The number of hydrogen-bond donors (Lipinski definition) is 0. The van der Waals surface area contributed by atoms with E-state index in [1.165, 1.54) is 0 Å². The number of carbonyl (C=O) groups is 1. The van der Waals surface area contributed by atoms with Crippen LogP contribution in [0.25, 0.3) is 5.82 Å². The standard InChI is InChI=1S/C22H26N6O3/c1-15-16(2)28(14-25-15)21-12-20(23-13-24-21)26-7-9-27(10-8-26)22(29)17-5-6-18(30-3)19(11-17)31-4/h5-6,11-14H,7-10H2,1-4H3. The Morgan fingerprint density at radius 1 is 0.903 bits per heavy atom. The second kappa shape index (κ2) is 8.63. The molecule has 9 nitrogen and oxygen atoms in total. The molecule has 2 aromatic heterocycles. The molecule has 0 radical (unpaired) electrons. The van der Waals surface area contributed by atoms with E-state index in [9.17, 15) is 4.79 Å². The molecule has 0 spiro atoms. The molecule has 9 heteroatoms. The van der Waals surface area contributed by atoms with E-state index in [2.05, 4.69) is 19.9 Å². The number of aromatic nitrogens is 4. The summed E-state index contributed by atoms with van der Waals surface area (Å²) in [6.07, 6.45) is 3.34. The Bertz CT molecular complexity index is 1090. The second-order valence-corrected chi connectivity index (χ2v) is 7.37. The van der Waals surface area contributed by atoms with Crippen molar-refractivity contribution in [3.8, 4) is 17.3 Å². The first-order valence-electron chi connectivity index (χ1n) is 10.1. The van der Waals surface area contributed by atoms with Crippen molar-refractivity contribution < 1.29 is 14.3 Å². The summed E-state index contributed by atoms with van der Waals surface area (Å²) in [5, 5.41) is 0. The first-order valence-corrected chi connectivity index (χ1v) is 10.1. The molecule has 1 aromatic carbocycles. The molecule has 1 saturated heterocycles. The minimum Gasteiger partial charge on any atom is -0.493 e. The summed E-state index contributed by atoms with van der Waals surface area (Å²) >= 11 is 0. The van der Waals surface area contributed by atoms with Gasteiger partial charge in [0.2, 0.25) is 0 Å². The first kappa shape index (κ1) is 20.6. The van der Waals surface area contributed by atoms with Crippen molar-refractivity contribution in [2.45, 2.75) is 13.8 Å². The zero-order valence-electron chi connectivity index (χ0n) is 18.2. The van der Waals surface area contributed by atoms with Crippen LogP contribution in [-0.2, 0) is 0 Å². The molecule has 162 valence electrons. The van der Waals surface area contributed by atoms with Crippen LogP contribution in [0.2, 0.25) is 0 Å². The zero-order valence-corrected chi connectivity index (χ0v) is 18.2. The average molecular weight is 422 g/mol. The summed E-state index contributed by atoms with van der Waals surface area (Å²) < 4.78 is 12.5. The highest BCUT2D eigenvalue weighted by Crippen LogP contribution is 2.28. The summed E-state index contributed by atoms with van der Waals surface area (Å²) in [7, 11) is 3.14. The fourth-order valence-electron chi connectivity index (χ4n) is 3.66. The highest BCUT2D eigenvalue weighted by Gasteiger charge is 2.24. The molecule has 0 atom stereocenters. The monoisotopic (exact) mass is 422 g/mol. The lowest BCUT2D eigenvalue weighted by atomic mass is 10.1. The van der Waals surface area contributed by atoms with Crippen LogP contribution in [0, 0.1) is 13.8 Å². The van der Waals surface area contributed by atoms with Gasteiger partial charge in [-0.25, -0.2) is 15.0 Å². The van der Waals surface area contributed by atoms with Gasteiger partial charge in [-0.3, -0.25) is 9.36 Å². The molecule has 1 fully saturated rings. The fraction of sp³-hybridized carbons (Fsp3) is 0.364. The van der Waals surface area contributed by atoms with E-state index < -0.39 is 0 Å². The van der Waals surface area contributed by atoms with Gasteiger partial charge in [0.1, 0.15) is 24.3 Å². The van der Waals surface area contributed by atoms with Crippen LogP contribution >= 0.6 is 0 Å². The Morgan fingerprint density at radius 3 is 2.26 bits per heavy atom. The Labute approximate surface area is 181 Å². The summed E-state index contributed by atoms with van der Waals surface area (Å²) in [6.45, 7) is 6.59. The number of nitrogens with zero attached hydrogens (tertiary/aromatic N) is 6. The van der Waals surface area contributed by atoms with Crippen molar-refractivity contribution in [2.75, 3.05) is 45.3 Å². The first-order chi connectivity index (χ1) is 15.0. The van der Waals surface area contributed by atoms with Crippen LogP contribution in [0.3, 0.4) is 0 Å². The number of benzene rings is 1. The van der Waals surface area contributed by atoms with Gasteiger partial charge in [0, 0.05) is 43.5 Å². The van der Waals surface area contributed by atoms with Crippen LogP contribution in [0.15, 0.2) is 36.9 Å². The Kier molecular flexibility index (Phi) is 5.75. The maximum absolute atomic E-state index is 13.0. The second-order valence-electron chi connectivity index (χ2n) is 7.37. The van der Waals surface area contributed by atoms with Gasteiger partial charge in [-0.15, -0.1) is 0 Å². The van der Waals surface area contributed by atoms with E-state index in [0.717, 1.165) is 23.0 Å². The quantitative estimate of drug-likeness (QED) is 0.623. The van der Waals surface area contributed by atoms with Gasteiger partial charge in [-0.2, -0.15) is 0 Å². The number of rotatable bonds is 5. The number of aryl methyl sites for hydroxylation is 1. The molecule has 3 aromatic rings. The minimum absolute atomic E-state index is 0.0199. The van der Waals surface area contributed by atoms with Gasteiger partial charge in [0.05, 0.1) is 19.9 Å². The number of piperazine rings is 1. The van der Waals surface area contributed by atoms with E-state index in [4.69, 9.17) is 9.47 Å². The minimum atomic E-state index is -0.0199. The van der Waals surface area contributed by atoms with Crippen molar-refractivity contribution in [2.24, 2.45) is 0 Å². The summed E-state index contributed by atoms with van der Waals surface area (Å²) in [6, 6.07) is 7.20. The molecule has 0 N–H and O–H groups in total. The van der Waals surface area contributed by atoms with Gasteiger partial charge >= 0.3 is 0 Å². The molecule has 1 aliphatic rings. The number of anilines is 1. The fourth-order valence-corrected chi connectivity index (χ4v) is 3.66. The molecule has 3 heterocycles. The number of hydrogen-bond acceptors (Lipinski definition) is 7. The normalized spacial score (nSPS) is 13.9. The molecule has 0 unspecified atom stereocenters. The summed E-state index contributed by atoms with van der Waals surface area (Å²) in [5.74, 6) is 2.76. The number of methoxy groups -OCH3 is 2. The predicted octanol–water partition coefficient (Wildman–Crippen LogP) is 2.26. The molecule has 0 saturated carbocycles. The van der Waals surface area contributed by atoms with Crippen molar-refractivity contribution >= 4 is 11.7 Å². The third-order valence-electron chi connectivity index (χ3n) is 5.66. The smallest absolute Gasteiger partial charge is 0.254 e. The van der Waals surface area contributed by atoms with E-state index in [0.29, 0.717) is 43.2 Å². The van der Waals surface area contributed by atoms with Crippen molar-refractivity contribution in [1.82, 2.24) is 24.4 Å². The lowest BCUT2D eigenvalue weighted by Gasteiger charge is -2.35. The van der Waals surface area contributed by atoms with E-state index in [1.807, 2.05) is 29.4 Å². The van der Waals surface area contributed by atoms with Crippen LogP contribution in [0.5, 0.6) is 11.5 Å². The van der Waals surface area contributed by atoms with Crippen LogP contribution in [-0.4, -0.2) is 70.7 Å². The third-order valence-corrected chi connectivity index (χ3v) is 5.66. The molecule has 0 bridgehead atoms. The molecular weight excluding hydrogens is 396 g/mol. The topological polar surface area (TPSA) is 85.6 Å². The van der Waals surface area contributed by atoms with E-state index in [-0.39, 0.29) is 5.91 Å². The third kappa shape index (κ3) is 4.03. The molecule has 1 amide bonds. The van der Waals surface area contributed by atoms with Crippen LogP contribution in [0.4, 0.5) is 5.82 Å². The maximum Gasteiger partial charge on any atom is 0.254 e. The van der Waals surface area contributed by atoms with Gasteiger partial charge in [-0.05, 0) is 32.0 Å². The maximum atomic E-state index is 13.0. The largest absolute Gasteiger partial charge is 0.493 e.